The monoisotopic (exact) mass is 372 g/mol. The molecule has 8 nitrogen and oxygen atoms in total. The van der Waals surface area contributed by atoms with Gasteiger partial charge in [0.05, 0.1) is 25.5 Å². The highest BCUT2D eigenvalue weighted by Crippen LogP contribution is 2.28. The summed E-state index contributed by atoms with van der Waals surface area (Å²) in [5.41, 5.74) is 1.15. The first kappa shape index (κ1) is 18.3. The predicted octanol–water partition coefficient (Wildman–Crippen LogP) is 1.95. The number of hydrogen-bond acceptors (Lipinski definition) is 8. The largest absolute Gasteiger partial charge is 0.424 e. The van der Waals surface area contributed by atoms with Crippen LogP contribution in [0.25, 0.3) is 0 Å². The summed E-state index contributed by atoms with van der Waals surface area (Å²) < 4.78 is 11.2. The van der Waals surface area contributed by atoms with Crippen LogP contribution in [0.15, 0.2) is 10.5 Å². The average Bonchev–Trinajstić information content (AvgIpc) is 3.16. The van der Waals surface area contributed by atoms with Gasteiger partial charge in [-0.1, -0.05) is 6.92 Å². The Kier molecular flexibility index (Phi) is 5.63. The number of likely N-dealkylation sites (tertiary alicyclic amines) is 1. The summed E-state index contributed by atoms with van der Waals surface area (Å²) >= 11 is 0. The molecule has 4 heterocycles. The first-order chi connectivity index (χ1) is 13.2. The Morgan fingerprint density at radius 3 is 2.70 bits per heavy atom. The molecule has 0 radical (unpaired) electrons. The molecule has 2 aliphatic heterocycles. The van der Waals surface area contributed by atoms with E-state index in [-0.39, 0.29) is 0 Å². The molecule has 2 saturated heterocycles. The van der Waals surface area contributed by atoms with Crippen molar-refractivity contribution in [2.45, 2.75) is 45.6 Å². The van der Waals surface area contributed by atoms with Crippen LogP contribution in [0.5, 0.6) is 0 Å². The SMILES string of the molecule is CCc1nnc(CN2CCC[C@H](c3cc(N4CCOCC4)nc(C)n3)C2)o1. The molecular formula is C19H28N6O2. The maximum atomic E-state index is 5.69. The summed E-state index contributed by atoms with van der Waals surface area (Å²) in [4.78, 5) is 14.1. The second kappa shape index (κ2) is 8.31. The van der Waals surface area contributed by atoms with Gasteiger partial charge in [0.2, 0.25) is 11.8 Å². The average molecular weight is 372 g/mol. The minimum absolute atomic E-state index is 0.411. The van der Waals surface area contributed by atoms with E-state index in [0.717, 1.165) is 76.0 Å². The number of morpholine rings is 1. The van der Waals surface area contributed by atoms with E-state index < -0.39 is 0 Å². The highest BCUT2D eigenvalue weighted by Gasteiger charge is 2.25. The van der Waals surface area contributed by atoms with E-state index in [2.05, 4.69) is 31.0 Å². The molecule has 1 atom stereocenters. The minimum atomic E-state index is 0.411. The van der Waals surface area contributed by atoms with Crippen molar-refractivity contribution in [3.63, 3.8) is 0 Å². The summed E-state index contributed by atoms with van der Waals surface area (Å²) in [6, 6.07) is 2.17. The molecule has 0 N–H and O–H groups in total. The van der Waals surface area contributed by atoms with Gasteiger partial charge in [-0.2, -0.15) is 0 Å². The van der Waals surface area contributed by atoms with Crippen molar-refractivity contribution < 1.29 is 9.15 Å². The third kappa shape index (κ3) is 4.44. The molecule has 146 valence electrons. The Morgan fingerprint density at radius 1 is 1.11 bits per heavy atom. The molecule has 0 spiro atoms. The number of ether oxygens (including phenoxy) is 1. The molecule has 8 heteroatoms. The highest BCUT2D eigenvalue weighted by molar-refractivity contribution is 5.41. The number of aromatic nitrogens is 4. The molecule has 2 aliphatic rings. The normalized spacial score (nSPS) is 21.6. The van der Waals surface area contributed by atoms with Gasteiger partial charge in [0, 0.05) is 38.0 Å². The lowest BCUT2D eigenvalue weighted by molar-refractivity contribution is 0.122. The van der Waals surface area contributed by atoms with E-state index in [1.807, 2.05) is 13.8 Å². The summed E-state index contributed by atoms with van der Waals surface area (Å²) in [6.45, 7) is 10.1. The van der Waals surface area contributed by atoms with Gasteiger partial charge < -0.3 is 14.1 Å². The number of hydrogen-bond donors (Lipinski definition) is 0. The van der Waals surface area contributed by atoms with Gasteiger partial charge >= 0.3 is 0 Å². The number of anilines is 1. The van der Waals surface area contributed by atoms with E-state index >= 15 is 0 Å². The second-order valence-electron chi connectivity index (χ2n) is 7.32. The lowest BCUT2D eigenvalue weighted by Gasteiger charge is -2.32. The van der Waals surface area contributed by atoms with E-state index in [4.69, 9.17) is 14.1 Å². The predicted molar refractivity (Wildman–Crippen MR) is 101 cm³/mol. The Balaban J connectivity index is 1.46. The zero-order valence-corrected chi connectivity index (χ0v) is 16.2. The van der Waals surface area contributed by atoms with Gasteiger partial charge in [-0.05, 0) is 26.3 Å². The number of nitrogens with zero attached hydrogens (tertiary/aromatic N) is 6. The van der Waals surface area contributed by atoms with E-state index in [1.165, 1.54) is 0 Å². The van der Waals surface area contributed by atoms with E-state index in [9.17, 15) is 0 Å². The van der Waals surface area contributed by atoms with Crippen LogP contribution in [0.1, 0.15) is 49.0 Å². The molecule has 2 aromatic rings. The topological polar surface area (TPSA) is 80.4 Å². The highest BCUT2D eigenvalue weighted by atomic mass is 16.5. The number of aryl methyl sites for hydroxylation is 2. The van der Waals surface area contributed by atoms with Crippen molar-refractivity contribution in [2.75, 3.05) is 44.3 Å². The van der Waals surface area contributed by atoms with Crippen molar-refractivity contribution in [1.82, 2.24) is 25.1 Å². The summed E-state index contributed by atoms with van der Waals surface area (Å²) in [6.07, 6.45) is 3.08. The maximum Gasteiger partial charge on any atom is 0.230 e. The number of piperidine rings is 1. The van der Waals surface area contributed by atoms with Gasteiger partial charge in [0.25, 0.3) is 0 Å². The summed E-state index contributed by atoms with van der Waals surface area (Å²) in [5.74, 6) is 3.70. The van der Waals surface area contributed by atoms with Gasteiger partial charge in [0.1, 0.15) is 11.6 Å². The first-order valence-electron chi connectivity index (χ1n) is 9.93. The van der Waals surface area contributed by atoms with Crippen molar-refractivity contribution in [2.24, 2.45) is 0 Å². The molecule has 0 saturated carbocycles. The summed E-state index contributed by atoms with van der Waals surface area (Å²) in [7, 11) is 0. The molecule has 2 fully saturated rings. The van der Waals surface area contributed by atoms with Crippen molar-refractivity contribution >= 4 is 5.82 Å². The minimum Gasteiger partial charge on any atom is -0.424 e. The first-order valence-corrected chi connectivity index (χ1v) is 9.93. The fraction of sp³-hybridized carbons (Fsp3) is 0.684. The standard InChI is InChI=1S/C19H28N6O2/c1-3-18-22-23-19(27-18)13-24-6-4-5-15(12-24)16-11-17(21-14(2)20-16)25-7-9-26-10-8-25/h11,15H,3-10,12-13H2,1-2H3/t15-/m0/s1. The van der Waals surface area contributed by atoms with Crippen LogP contribution < -0.4 is 4.90 Å². The van der Waals surface area contributed by atoms with Gasteiger partial charge in [0.15, 0.2) is 0 Å². The van der Waals surface area contributed by atoms with Crippen LogP contribution in [0.4, 0.5) is 5.82 Å². The molecule has 27 heavy (non-hydrogen) atoms. The molecular weight excluding hydrogens is 344 g/mol. The van der Waals surface area contributed by atoms with E-state index in [1.54, 1.807) is 0 Å². The molecule has 0 unspecified atom stereocenters. The second-order valence-corrected chi connectivity index (χ2v) is 7.32. The molecule has 0 bridgehead atoms. The van der Waals surface area contributed by atoms with Crippen LogP contribution in [0.3, 0.4) is 0 Å². The van der Waals surface area contributed by atoms with Crippen LogP contribution in [0.2, 0.25) is 0 Å². The molecule has 2 aromatic heterocycles. The van der Waals surface area contributed by atoms with Gasteiger partial charge in [-0.3, -0.25) is 4.90 Å². The number of rotatable bonds is 5. The fourth-order valence-corrected chi connectivity index (χ4v) is 3.86. The summed E-state index contributed by atoms with van der Waals surface area (Å²) in [5, 5.41) is 8.24. The Labute approximate surface area is 159 Å². The van der Waals surface area contributed by atoms with Crippen LogP contribution in [-0.2, 0) is 17.7 Å². The van der Waals surface area contributed by atoms with Gasteiger partial charge in [-0.25, -0.2) is 9.97 Å². The third-order valence-corrected chi connectivity index (χ3v) is 5.27. The molecule has 0 aromatic carbocycles. The van der Waals surface area contributed by atoms with Crippen LogP contribution in [0, 0.1) is 6.92 Å². The quantitative estimate of drug-likeness (QED) is 0.788. The lowest BCUT2D eigenvalue weighted by Crippen LogP contribution is -2.37. The third-order valence-electron chi connectivity index (χ3n) is 5.27. The van der Waals surface area contributed by atoms with Crippen molar-refractivity contribution in [3.05, 3.63) is 29.4 Å². The Hall–Kier alpha value is -2.06. The molecule has 4 rings (SSSR count). The lowest BCUT2D eigenvalue weighted by atomic mass is 9.94. The smallest absolute Gasteiger partial charge is 0.230 e. The Bertz CT molecular complexity index is 758. The van der Waals surface area contributed by atoms with E-state index in [0.29, 0.717) is 24.2 Å². The zero-order valence-electron chi connectivity index (χ0n) is 16.2. The van der Waals surface area contributed by atoms with Gasteiger partial charge in [-0.15, -0.1) is 10.2 Å². The van der Waals surface area contributed by atoms with Crippen molar-refractivity contribution in [1.29, 1.82) is 0 Å². The Morgan fingerprint density at radius 2 is 1.93 bits per heavy atom. The van der Waals surface area contributed by atoms with Crippen LogP contribution in [-0.4, -0.2) is 64.5 Å². The fourth-order valence-electron chi connectivity index (χ4n) is 3.86. The zero-order chi connectivity index (χ0) is 18.6. The van der Waals surface area contributed by atoms with Crippen molar-refractivity contribution in [3.8, 4) is 0 Å². The van der Waals surface area contributed by atoms with Crippen LogP contribution >= 0.6 is 0 Å². The molecule has 0 amide bonds. The molecule has 0 aliphatic carbocycles. The maximum absolute atomic E-state index is 5.69.